The van der Waals surface area contributed by atoms with Crippen molar-refractivity contribution in [2.75, 3.05) is 11.9 Å². The number of anilines is 1. The minimum absolute atomic E-state index is 0.587. The van der Waals surface area contributed by atoms with Crippen molar-refractivity contribution in [2.24, 2.45) is 0 Å². The first-order chi connectivity index (χ1) is 12.2. The lowest BCUT2D eigenvalue weighted by atomic mass is 10.1. The lowest BCUT2D eigenvalue weighted by molar-refractivity contribution is 1.06. The van der Waals surface area contributed by atoms with Crippen LogP contribution in [0.3, 0.4) is 0 Å². The Hall–Kier alpha value is -2.50. The van der Waals surface area contributed by atoms with E-state index in [9.17, 15) is 0 Å². The molecule has 0 spiro atoms. The van der Waals surface area contributed by atoms with E-state index < -0.39 is 0 Å². The number of benzene rings is 2. The maximum atomic E-state index is 5.23. The van der Waals surface area contributed by atoms with Gasteiger partial charge in [-0.25, -0.2) is 4.98 Å². The SMILES string of the molecule is C=CCNC(=S)Nc1ccc(-c2nc(-c3ccccc3)sc2C)cc1. The van der Waals surface area contributed by atoms with Crippen molar-refractivity contribution in [1.82, 2.24) is 10.3 Å². The van der Waals surface area contributed by atoms with Crippen LogP contribution < -0.4 is 10.6 Å². The average molecular weight is 366 g/mol. The standard InChI is InChI=1S/C20H19N3S2/c1-3-13-21-20(24)22-17-11-9-15(10-12-17)18-14(2)25-19(23-18)16-7-5-4-6-8-16/h3-12H,1,13H2,2H3,(H2,21,22,24). The van der Waals surface area contributed by atoms with Gasteiger partial charge in [-0.1, -0.05) is 48.5 Å². The molecule has 0 saturated heterocycles. The molecule has 3 rings (SSSR count). The van der Waals surface area contributed by atoms with Crippen LogP contribution in [0.25, 0.3) is 21.8 Å². The van der Waals surface area contributed by atoms with E-state index in [4.69, 9.17) is 17.2 Å². The molecule has 0 radical (unpaired) electrons. The van der Waals surface area contributed by atoms with Crippen LogP contribution in [-0.2, 0) is 0 Å². The molecule has 0 aliphatic carbocycles. The molecule has 0 atom stereocenters. The van der Waals surface area contributed by atoms with Crippen LogP contribution >= 0.6 is 23.6 Å². The summed E-state index contributed by atoms with van der Waals surface area (Å²) in [7, 11) is 0. The molecule has 0 saturated carbocycles. The predicted molar refractivity (Wildman–Crippen MR) is 112 cm³/mol. The van der Waals surface area contributed by atoms with Crippen molar-refractivity contribution >= 4 is 34.4 Å². The first kappa shape index (κ1) is 17.3. The maximum absolute atomic E-state index is 5.23. The third-order valence-electron chi connectivity index (χ3n) is 3.64. The number of nitrogens with one attached hydrogen (secondary N) is 2. The summed E-state index contributed by atoms with van der Waals surface area (Å²) in [6, 6.07) is 18.4. The van der Waals surface area contributed by atoms with E-state index in [1.54, 1.807) is 17.4 Å². The molecule has 0 aliphatic rings. The van der Waals surface area contributed by atoms with Crippen LogP contribution in [0.15, 0.2) is 67.3 Å². The normalized spacial score (nSPS) is 10.3. The van der Waals surface area contributed by atoms with Gasteiger partial charge >= 0.3 is 0 Å². The van der Waals surface area contributed by atoms with Crippen LogP contribution in [0, 0.1) is 6.92 Å². The van der Waals surface area contributed by atoms with E-state index >= 15 is 0 Å². The second kappa shape index (κ2) is 8.05. The van der Waals surface area contributed by atoms with Crippen molar-refractivity contribution in [1.29, 1.82) is 0 Å². The monoisotopic (exact) mass is 365 g/mol. The Bertz CT molecular complexity index is 868. The molecule has 5 heteroatoms. The molecule has 0 fully saturated rings. The van der Waals surface area contributed by atoms with Gasteiger partial charge in [-0.3, -0.25) is 0 Å². The van der Waals surface area contributed by atoms with E-state index in [2.05, 4.69) is 48.4 Å². The number of rotatable bonds is 5. The zero-order valence-corrected chi connectivity index (χ0v) is 15.6. The molecule has 3 aromatic rings. The lowest BCUT2D eigenvalue weighted by Gasteiger charge is -2.09. The van der Waals surface area contributed by atoms with Crippen molar-refractivity contribution in [3.63, 3.8) is 0 Å². The molecular weight excluding hydrogens is 346 g/mol. The number of nitrogens with zero attached hydrogens (tertiary/aromatic N) is 1. The summed E-state index contributed by atoms with van der Waals surface area (Å²) < 4.78 is 0. The van der Waals surface area contributed by atoms with Gasteiger partial charge in [0.05, 0.1) is 5.69 Å². The summed E-state index contributed by atoms with van der Waals surface area (Å²) in [6.07, 6.45) is 1.77. The van der Waals surface area contributed by atoms with Crippen molar-refractivity contribution in [3.8, 4) is 21.8 Å². The van der Waals surface area contributed by atoms with Crippen LogP contribution in [0.5, 0.6) is 0 Å². The Morgan fingerprint density at radius 3 is 2.52 bits per heavy atom. The molecule has 1 aromatic heterocycles. The minimum atomic E-state index is 0.587. The lowest BCUT2D eigenvalue weighted by Crippen LogP contribution is -2.28. The molecule has 2 aromatic carbocycles. The number of aromatic nitrogens is 1. The number of hydrogen-bond acceptors (Lipinski definition) is 3. The second-order valence-corrected chi connectivity index (χ2v) is 7.10. The van der Waals surface area contributed by atoms with Gasteiger partial charge in [-0.15, -0.1) is 17.9 Å². The van der Waals surface area contributed by atoms with Crippen LogP contribution in [0.2, 0.25) is 0 Å². The van der Waals surface area contributed by atoms with Crippen molar-refractivity contribution in [2.45, 2.75) is 6.92 Å². The van der Waals surface area contributed by atoms with Gasteiger partial charge in [0.25, 0.3) is 0 Å². The summed E-state index contributed by atoms with van der Waals surface area (Å²) in [5.74, 6) is 0. The topological polar surface area (TPSA) is 37.0 Å². The maximum Gasteiger partial charge on any atom is 0.171 e. The predicted octanol–water partition coefficient (Wildman–Crippen LogP) is 5.26. The van der Waals surface area contributed by atoms with Crippen molar-refractivity contribution < 1.29 is 0 Å². The van der Waals surface area contributed by atoms with Crippen molar-refractivity contribution in [3.05, 3.63) is 72.1 Å². The summed E-state index contributed by atoms with van der Waals surface area (Å²) in [5.41, 5.74) is 4.23. The van der Waals surface area contributed by atoms with Gasteiger partial charge in [-0.05, 0) is 31.3 Å². The fourth-order valence-corrected chi connectivity index (χ4v) is 3.56. The summed E-state index contributed by atoms with van der Waals surface area (Å²) >= 11 is 6.94. The number of hydrogen-bond donors (Lipinski definition) is 2. The fourth-order valence-electron chi connectivity index (χ4n) is 2.42. The van der Waals surface area contributed by atoms with E-state index in [0.717, 1.165) is 27.5 Å². The summed E-state index contributed by atoms with van der Waals surface area (Å²) in [5, 5.41) is 7.84. The number of thiazole rings is 1. The summed E-state index contributed by atoms with van der Waals surface area (Å²) in [6.45, 7) is 6.42. The summed E-state index contributed by atoms with van der Waals surface area (Å²) in [4.78, 5) is 6.04. The first-order valence-corrected chi connectivity index (χ1v) is 9.19. The fraction of sp³-hybridized carbons (Fsp3) is 0.100. The second-order valence-electron chi connectivity index (χ2n) is 5.49. The van der Waals surface area contributed by atoms with Gasteiger partial charge in [0.2, 0.25) is 0 Å². The van der Waals surface area contributed by atoms with Crippen LogP contribution in [0.4, 0.5) is 5.69 Å². The molecule has 3 nitrogen and oxygen atoms in total. The van der Waals surface area contributed by atoms with E-state index in [0.29, 0.717) is 11.7 Å². The number of aryl methyl sites for hydroxylation is 1. The molecule has 0 bridgehead atoms. The van der Waals surface area contributed by atoms with E-state index in [1.165, 1.54) is 4.88 Å². The Morgan fingerprint density at radius 2 is 1.84 bits per heavy atom. The highest BCUT2D eigenvalue weighted by Crippen LogP contribution is 2.33. The van der Waals surface area contributed by atoms with Gasteiger partial charge in [0, 0.05) is 28.2 Å². The minimum Gasteiger partial charge on any atom is -0.359 e. The molecular formula is C20H19N3S2. The van der Waals surface area contributed by atoms with E-state index in [-0.39, 0.29) is 0 Å². The first-order valence-electron chi connectivity index (χ1n) is 7.96. The molecule has 0 amide bonds. The molecule has 2 N–H and O–H groups in total. The highest BCUT2D eigenvalue weighted by Gasteiger charge is 2.11. The molecule has 25 heavy (non-hydrogen) atoms. The highest BCUT2D eigenvalue weighted by molar-refractivity contribution is 7.80. The largest absolute Gasteiger partial charge is 0.359 e. The number of thiocarbonyl (C=S) groups is 1. The Labute approximate surface area is 157 Å². The van der Waals surface area contributed by atoms with Crippen LogP contribution in [0.1, 0.15) is 4.88 Å². The third-order valence-corrected chi connectivity index (χ3v) is 4.91. The Morgan fingerprint density at radius 1 is 1.12 bits per heavy atom. The van der Waals surface area contributed by atoms with Gasteiger partial charge in [0.15, 0.2) is 5.11 Å². The Balaban J connectivity index is 1.77. The smallest absolute Gasteiger partial charge is 0.171 e. The van der Waals surface area contributed by atoms with Gasteiger partial charge in [-0.2, -0.15) is 0 Å². The van der Waals surface area contributed by atoms with Gasteiger partial charge < -0.3 is 10.6 Å². The van der Waals surface area contributed by atoms with E-state index in [1.807, 2.05) is 30.3 Å². The van der Waals surface area contributed by atoms with Crippen LogP contribution in [-0.4, -0.2) is 16.6 Å². The zero-order chi connectivity index (χ0) is 17.6. The molecule has 1 heterocycles. The van der Waals surface area contributed by atoms with Gasteiger partial charge in [0.1, 0.15) is 5.01 Å². The molecule has 0 aliphatic heterocycles. The quantitative estimate of drug-likeness (QED) is 0.478. The highest BCUT2D eigenvalue weighted by atomic mass is 32.1. The third kappa shape index (κ3) is 4.32. The Kier molecular flexibility index (Phi) is 5.58. The average Bonchev–Trinajstić information content (AvgIpc) is 3.03. The molecule has 0 unspecified atom stereocenters. The zero-order valence-electron chi connectivity index (χ0n) is 14.0. The molecule has 126 valence electrons.